The van der Waals surface area contributed by atoms with Gasteiger partial charge in [-0.15, -0.1) is 0 Å². The number of imidazole rings is 1. The van der Waals surface area contributed by atoms with Crippen LogP contribution in [0.25, 0.3) is 21.9 Å². The highest BCUT2D eigenvalue weighted by Gasteiger charge is 2.17. The van der Waals surface area contributed by atoms with Crippen molar-refractivity contribution >= 4 is 27.8 Å². The van der Waals surface area contributed by atoms with E-state index in [9.17, 15) is 0 Å². The molecule has 0 amide bonds. The molecule has 0 unspecified atom stereocenters. The van der Waals surface area contributed by atoms with Gasteiger partial charge in [-0.25, -0.2) is 9.97 Å². The number of nitrogens with one attached hydrogen (secondary N) is 2. The van der Waals surface area contributed by atoms with Gasteiger partial charge in [0.05, 0.1) is 11.0 Å². The first-order valence-corrected chi connectivity index (χ1v) is 8.65. The number of H-pyrrole nitrogens is 1. The van der Waals surface area contributed by atoms with Crippen LogP contribution in [0.3, 0.4) is 0 Å². The van der Waals surface area contributed by atoms with E-state index in [1.54, 1.807) is 0 Å². The molecule has 3 heterocycles. The van der Waals surface area contributed by atoms with E-state index in [4.69, 9.17) is 10.8 Å². The van der Waals surface area contributed by atoms with Gasteiger partial charge in [-0.1, -0.05) is 12.1 Å². The number of hydrogen-bond acceptors (Lipinski definition) is 5. The minimum atomic E-state index is 0.158. The molecule has 0 saturated carbocycles. The fourth-order valence-corrected chi connectivity index (χ4v) is 3.61. The Balaban J connectivity index is 1.78. The summed E-state index contributed by atoms with van der Waals surface area (Å²) in [6, 6.07) is 6.52. The van der Waals surface area contributed by atoms with E-state index in [0.717, 1.165) is 40.9 Å². The zero-order valence-corrected chi connectivity index (χ0v) is 13.7. The summed E-state index contributed by atoms with van der Waals surface area (Å²) in [6.45, 7) is 2.31. The van der Waals surface area contributed by atoms with Gasteiger partial charge >= 0.3 is 0 Å². The quantitative estimate of drug-likeness (QED) is 0.588. The molecule has 0 aliphatic carbocycles. The van der Waals surface area contributed by atoms with Crippen molar-refractivity contribution in [1.29, 1.82) is 0 Å². The van der Waals surface area contributed by atoms with E-state index in [0.29, 0.717) is 24.6 Å². The molecule has 1 aliphatic heterocycles. The summed E-state index contributed by atoms with van der Waals surface area (Å²) in [5.74, 6) is 1.91. The number of fused-ring (bicyclic) bond motifs is 3. The molecule has 5 N–H and O–H groups in total. The molecule has 0 bridgehead atoms. The second kappa shape index (κ2) is 6.37. The van der Waals surface area contributed by atoms with Crippen molar-refractivity contribution in [1.82, 2.24) is 20.3 Å². The molecule has 6 heteroatoms. The zero-order chi connectivity index (χ0) is 16.5. The van der Waals surface area contributed by atoms with Gasteiger partial charge in [0.2, 0.25) is 0 Å². The van der Waals surface area contributed by atoms with Gasteiger partial charge in [-0.2, -0.15) is 0 Å². The fraction of sp³-hybridized carbons (Fsp3) is 0.444. The lowest BCUT2D eigenvalue weighted by atomic mass is 9.89. The summed E-state index contributed by atoms with van der Waals surface area (Å²) < 4.78 is 0. The lowest BCUT2D eigenvalue weighted by molar-refractivity contribution is 0.287. The number of nitrogens with zero attached hydrogens (tertiary/aromatic N) is 2. The maximum atomic E-state index is 9.00. The lowest BCUT2D eigenvalue weighted by Gasteiger charge is -2.23. The molecule has 1 aliphatic rings. The number of aryl methyl sites for hydroxylation is 1. The second-order valence-electron chi connectivity index (χ2n) is 6.53. The molecule has 0 spiro atoms. The van der Waals surface area contributed by atoms with Crippen molar-refractivity contribution in [2.24, 2.45) is 0 Å². The smallest absolute Gasteiger partial charge is 0.152 e. The Morgan fingerprint density at radius 2 is 2.04 bits per heavy atom. The van der Waals surface area contributed by atoms with E-state index >= 15 is 0 Å². The van der Waals surface area contributed by atoms with E-state index < -0.39 is 0 Å². The van der Waals surface area contributed by atoms with Crippen molar-refractivity contribution in [2.45, 2.75) is 31.6 Å². The number of anilines is 1. The molecule has 6 nitrogen and oxygen atoms in total. The molecule has 2 aromatic heterocycles. The number of benzene rings is 1. The van der Waals surface area contributed by atoms with Crippen molar-refractivity contribution < 1.29 is 5.11 Å². The van der Waals surface area contributed by atoms with Crippen LogP contribution in [0.4, 0.5) is 5.82 Å². The third-order valence-electron chi connectivity index (χ3n) is 4.91. The predicted octanol–water partition coefficient (Wildman–Crippen LogP) is 2.09. The zero-order valence-electron chi connectivity index (χ0n) is 13.7. The number of hydrogen-bond donors (Lipinski definition) is 4. The minimum absolute atomic E-state index is 0.158. The molecule has 24 heavy (non-hydrogen) atoms. The van der Waals surface area contributed by atoms with E-state index in [1.165, 1.54) is 18.4 Å². The summed E-state index contributed by atoms with van der Waals surface area (Å²) in [5.41, 5.74) is 10.1. The summed E-state index contributed by atoms with van der Waals surface area (Å²) in [5, 5.41) is 13.5. The van der Waals surface area contributed by atoms with Crippen LogP contribution in [-0.4, -0.2) is 39.8 Å². The average molecular weight is 325 g/mol. The third kappa shape index (κ3) is 2.72. The van der Waals surface area contributed by atoms with Gasteiger partial charge in [-0.05, 0) is 49.9 Å². The normalized spacial score (nSPS) is 16.2. The molecule has 0 radical (unpaired) electrons. The van der Waals surface area contributed by atoms with Gasteiger partial charge in [0.25, 0.3) is 0 Å². The monoisotopic (exact) mass is 325 g/mol. The number of nitrogen functional groups attached to an aromatic ring is 1. The number of pyridine rings is 1. The highest BCUT2D eigenvalue weighted by molar-refractivity contribution is 6.06. The molecule has 0 atom stereocenters. The average Bonchev–Trinajstić information content (AvgIpc) is 3.05. The van der Waals surface area contributed by atoms with E-state index in [-0.39, 0.29) is 6.61 Å². The summed E-state index contributed by atoms with van der Waals surface area (Å²) >= 11 is 0. The van der Waals surface area contributed by atoms with Gasteiger partial charge in [0, 0.05) is 18.4 Å². The SMILES string of the molecule is Nc1nc2cc(C3CCNCC3)ccc2c2[nH]c(CCCO)nc12. The summed E-state index contributed by atoms with van der Waals surface area (Å²) in [7, 11) is 0. The van der Waals surface area contributed by atoms with Crippen LogP contribution in [0.5, 0.6) is 0 Å². The maximum absolute atomic E-state index is 9.00. The van der Waals surface area contributed by atoms with Gasteiger partial charge in [-0.3, -0.25) is 0 Å². The van der Waals surface area contributed by atoms with Crippen LogP contribution in [0, 0.1) is 0 Å². The van der Waals surface area contributed by atoms with Crippen LogP contribution < -0.4 is 11.1 Å². The lowest BCUT2D eigenvalue weighted by Crippen LogP contribution is -2.26. The van der Waals surface area contributed by atoms with Gasteiger partial charge < -0.3 is 21.1 Å². The first-order valence-electron chi connectivity index (χ1n) is 8.65. The van der Waals surface area contributed by atoms with E-state index in [2.05, 4.69) is 38.5 Å². The predicted molar refractivity (Wildman–Crippen MR) is 96.1 cm³/mol. The molecule has 126 valence electrons. The van der Waals surface area contributed by atoms with Crippen LogP contribution in [0.2, 0.25) is 0 Å². The minimum Gasteiger partial charge on any atom is -0.396 e. The number of aromatic nitrogens is 3. The highest BCUT2D eigenvalue weighted by atomic mass is 16.2. The van der Waals surface area contributed by atoms with Crippen molar-refractivity contribution in [3.8, 4) is 0 Å². The Kier molecular flexibility index (Phi) is 4.08. The molecule has 1 fully saturated rings. The molecule has 1 saturated heterocycles. The van der Waals surface area contributed by atoms with Crippen molar-refractivity contribution in [3.05, 3.63) is 29.6 Å². The number of nitrogens with two attached hydrogens (primary N) is 1. The fourth-order valence-electron chi connectivity index (χ4n) is 3.61. The molecule has 4 rings (SSSR count). The van der Waals surface area contributed by atoms with Crippen molar-refractivity contribution in [2.75, 3.05) is 25.4 Å². The Labute approximate surface area is 140 Å². The third-order valence-corrected chi connectivity index (χ3v) is 4.91. The maximum Gasteiger partial charge on any atom is 0.152 e. The topological polar surface area (TPSA) is 99.8 Å². The Hall–Kier alpha value is -2.18. The van der Waals surface area contributed by atoms with Crippen LogP contribution in [0.1, 0.15) is 36.6 Å². The first-order chi connectivity index (χ1) is 11.8. The van der Waals surface area contributed by atoms with Crippen LogP contribution in [0.15, 0.2) is 18.2 Å². The standard InChI is InChI=1S/C18H23N5O/c19-18-17-16(22-15(23-17)2-1-9-24)13-4-3-12(10-14(13)21-18)11-5-7-20-8-6-11/h3-4,10-11,20,24H,1-2,5-9H2,(H2,19,21)(H,22,23). The number of aromatic amines is 1. The Morgan fingerprint density at radius 3 is 2.83 bits per heavy atom. The number of aliphatic hydroxyl groups excluding tert-OH is 1. The molecule has 1 aromatic carbocycles. The summed E-state index contributed by atoms with van der Waals surface area (Å²) in [4.78, 5) is 12.5. The van der Waals surface area contributed by atoms with E-state index in [1.807, 2.05) is 0 Å². The summed E-state index contributed by atoms with van der Waals surface area (Å²) in [6.07, 6.45) is 3.72. The number of rotatable bonds is 4. The Bertz CT molecular complexity index is 867. The second-order valence-corrected chi connectivity index (χ2v) is 6.53. The van der Waals surface area contributed by atoms with Crippen LogP contribution in [-0.2, 0) is 6.42 Å². The van der Waals surface area contributed by atoms with Gasteiger partial charge in [0.1, 0.15) is 11.3 Å². The number of piperidine rings is 1. The van der Waals surface area contributed by atoms with Crippen molar-refractivity contribution in [3.63, 3.8) is 0 Å². The molecule has 3 aromatic rings. The first kappa shape index (κ1) is 15.4. The molecular weight excluding hydrogens is 302 g/mol. The molecular formula is C18H23N5O. The highest BCUT2D eigenvalue weighted by Crippen LogP contribution is 2.31. The largest absolute Gasteiger partial charge is 0.396 e. The van der Waals surface area contributed by atoms with Gasteiger partial charge in [0.15, 0.2) is 5.82 Å². The Morgan fingerprint density at radius 1 is 1.21 bits per heavy atom. The number of aliphatic hydroxyl groups is 1. The van der Waals surface area contributed by atoms with Crippen LogP contribution >= 0.6 is 0 Å².